The van der Waals surface area contributed by atoms with Crippen LogP contribution in [0.3, 0.4) is 0 Å². The molecular formula is C21H30N2O4. The smallest absolute Gasteiger partial charge is 0.320 e. The molecule has 2 fully saturated rings. The van der Waals surface area contributed by atoms with Crippen molar-refractivity contribution in [2.45, 2.75) is 64.3 Å². The molecule has 0 spiro atoms. The molecular weight excluding hydrogens is 344 g/mol. The largest absolute Gasteiger partial charge is 0.480 e. The first-order valence-electron chi connectivity index (χ1n) is 10.00. The molecule has 1 amide bonds. The van der Waals surface area contributed by atoms with Gasteiger partial charge in [0.2, 0.25) is 5.91 Å². The molecule has 3 unspecified atom stereocenters. The quantitative estimate of drug-likeness (QED) is 0.731. The predicted octanol–water partition coefficient (Wildman–Crippen LogP) is 2.56. The number of hydrogen-bond donors (Lipinski definition) is 2. The van der Waals surface area contributed by atoms with Crippen molar-refractivity contribution in [2.24, 2.45) is 5.92 Å². The fourth-order valence-electron chi connectivity index (χ4n) is 4.52. The number of carbonyl (C=O) groups is 2. The maximum absolute atomic E-state index is 12.6. The van der Waals surface area contributed by atoms with Gasteiger partial charge in [-0.1, -0.05) is 37.1 Å². The van der Waals surface area contributed by atoms with Gasteiger partial charge in [0, 0.05) is 19.2 Å². The maximum Gasteiger partial charge on any atom is 0.320 e. The number of likely N-dealkylation sites (tertiary alicyclic amines) is 1. The molecule has 6 nitrogen and oxygen atoms in total. The monoisotopic (exact) mass is 374 g/mol. The van der Waals surface area contributed by atoms with E-state index in [4.69, 9.17) is 4.74 Å². The van der Waals surface area contributed by atoms with Crippen molar-refractivity contribution in [3.63, 3.8) is 0 Å². The molecule has 0 aromatic heterocycles. The molecule has 2 N–H and O–H groups in total. The van der Waals surface area contributed by atoms with Crippen LogP contribution in [0.25, 0.3) is 0 Å². The van der Waals surface area contributed by atoms with Crippen molar-refractivity contribution in [1.29, 1.82) is 0 Å². The van der Waals surface area contributed by atoms with Gasteiger partial charge in [0.25, 0.3) is 0 Å². The number of fused-ring (bicyclic) bond motifs is 1. The lowest BCUT2D eigenvalue weighted by molar-refractivity contribution is -0.143. The van der Waals surface area contributed by atoms with Crippen LogP contribution in [-0.4, -0.2) is 47.1 Å². The fraction of sp³-hybridized carbons (Fsp3) is 0.619. The van der Waals surface area contributed by atoms with Crippen LogP contribution in [0.15, 0.2) is 24.3 Å². The van der Waals surface area contributed by atoms with E-state index < -0.39 is 12.0 Å². The lowest BCUT2D eigenvalue weighted by Gasteiger charge is -2.32. The summed E-state index contributed by atoms with van der Waals surface area (Å²) >= 11 is 0. The molecule has 3 rings (SSSR count). The average Bonchev–Trinajstić information content (AvgIpc) is 3.04. The number of nitrogens with zero attached hydrogens (tertiary/aromatic N) is 1. The van der Waals surface area contributed by atoms with E-state index in [-0.39, 0.29) is 18.5 Å². The van der Waals surface area contributed by atoms with E-state index in [1.807, 2.05) is 36.1 Å². The first-order valence-corrected chi connectivity index (χ1v) is 10.00. The van der Waals surface area contributed by atoms with Crippen LogP contribution >= 0.6 is 0 Å². The molecule has 1 aromatic carbocycles. The summed E-state index contributed by atoms with van der Waals surface area (Å²) in [5.41, 5.74) is 2.10. The summed E-state index contributed by atoms with van der Waals surface area (Å²) in [4.78, 5) is 26.2. The topological polar surface area (TPSA) is 78.9 Å². The van der Waals surface area contributed by atoms with Crippen molar-refractivity contribution in [3.05, 3.63) is 35.4 Å². The first kappa shape index (κ1) is 19.8. The van der Waals surface area contributed by atoms with Crippen molar-refractivity contribution < 1.29 is 19.4 Å². The van der Waals surface area contributed by atoms with Crippen LogP contribution < -0.4 is 5.32 Å². The van der Waals surface area contributed by atoms with E-state index in [0.717, 1.165) is 30.4 Å². The Morgan fingerprint density at radius 1 is 1.22 bits per heavy atom. The first-order chi connectivity index (χ1) is 13.1. The van der Waals surface area contributed by atoms with E-state index in [9.17, 15) is 14.7 Å². The zero-order valence-corrected chi connectivity index (χ0v) is 16.0. The van der Waals surface area contributed by atoms with Crippen molar-refractivity contribution in [3.8, 4) is 0 Å². The van der Waals surface area contributed by atoms with Gasteiger partial charge < -0.3 is 15.2 Å². The summed E-state index contributed by atoms with van der Waals surface area (Å²) in [7, 11) is 0. The average molecular weight is 374 g/mol. The van der Waals surface area contributed by atoms with Crippen LogP contribution in [-0.2, 0) is 27.5 Å². The summed E-state index contributed by atoms with van der Waals surface area (Å²) in [5.74, 6) is -0.502. The van der Waals surface area contributed by atoms with Crippen molar-refractivity contribution in [1.82, 2.24) is 10.2 Å². The molecule has 1 aliphatic heterocycles. The molecule has 1 saturated heterocycles. The van der Waals surface area contributed by atoms with E-state index >= 15 is 0 Å². The van der Waals surface area contributed by atoms with Crippen LogP contribution in [0.2, 0.25) is 0 Å². The molecule has 148 valence electrons. The number of amides is 1. The molecule has 0 bridgehead atoms. The van der Waals surface area contributed by atoms with Crippen LogP contribution in [0.5, 0.6) is 0 Å². The van der Waals surface area contributed by atoms with Crippen LogP contribution in [0, 0.1) is 5.92 Å². The Bertz CT molecular complexity index is 663. The Morgan fingerprint density at radius 3 is 2.70 bits per heavy atom. The summed E-state index contributed by atoms with van der Waals surface area (Å²) in [6.45, 7) is 3.72. The fourth-order valence-corrected chi connectivity index (χ4v) is 4.52. The van der Waals surface area contributed by atoms with Gasteiger partial charge in [-0.05, 0) is 43.2 Å². The van der Waals surface area contributed by atoms with Gasteiger partial charge in [-0.25, -0.2) is 0 Å². The minimum absolute atomic E-state index is 0.112. The molecule has 6 heteroatoms. The molecule has 1 aromatic rings. The Labute approximate surface area is 160 Å². The lowest BCUT2D eigenvalue weighted by atomic mass is 9.85. The van der Waals surface area contributed by atoms with Crippen molar-refractivity contribution >= 4 is 11.9 Å². The number of benzene rings is 1. The SMILES string of the molecule is CCOCc1ccccc1CNC(=O)CN1C(C(=O)O)CC2CCCCC21. The summed E-state index contributed by atoms with van der Waals surface area (Å²) in [5, 5.41) is 12.6. The minimum atomic E-state index is -0.806. The number of aliphatic carboxylic acids is 1. The molecule has 27 heavy (non-hydrogen) atoms. The van der Waals surface area contributed by atoms with E-state index in [2.05, 4.69) is 5.32 Å². The number of nitrogens with one attached hydrogen (secondary N) is 1. The van der Waals surface area contributed by atoms with Crippen molar-refractivity contribution in [2.75, 3.05) is 13.2 Å². The minimum Gasteiger partial charge on any atom is -0.480 e. The maximum atomic E-state index is 12.6. The third-order valence-corrected chi connectivity index (χ3v) is 5.89. The normalized spacial score (nSPS) is 25.1. The Morgan fingerprint density at radius 2 is 1.96 bits per heavy atom. The van der Waals surface area contributed by atoms with Gasteiger partial charge in [0.1, 0.15) is 6.04 Å². The highest BCUT2D eigenvalue weighted by Gasteiger charge is 2.45. The second kappa shape index (κ2) is 9.33. The predicted molar refractivity (Wildman–Crippen MR) is 102 cm³/mol. The number of carboxylic acid groups (broad SMARTS) is 1. The third kappa shape index (κ3) is 4.87. The second-order valence-corrected chi connectivity index (χ2v) is 7.56. The highest BCUT2D eigenvalue weighted by molar-refractivity contribution is 5.80. The third-order valence-electron chi connectivity index (χ3n) is 5.89. The molecule has 1 saturated carbocycles. The van der Waals surface area contributed by atoms with E-state index in [0.29, 0.717) is 32.1 Å². The van der Waals surface area contributed by atoms with Gasteiger partial charge in [-0.15, -0.1) is 0 Å². The van der Waals surface area contributed by atoms with Gasteiger partial charge in [0.05, 0.1) is 13.2 Å². The summed E-state index contributed by atoms with van der Waals surface area (Å²) in [6, 6.07) is 7.60. The van der Waals surface area contributed by atoms with Gasteiger partial charge in [0.15, 0.2) is 0 Å². The zero-order valence-electron chi connectivity index (χ0n) is 16.0. The number of hydrogen-bond acceptors (Lipinski definition) is 4. The Balaban J connectivity index is 1.59. The molecule has 1 aliphatic carbocycles. The van der Waals surface area contributed by atoms with Crippen LogP contribution in [0.4, 0.5) is 0 Å². The van der Waals surface area contributed by atoms with Gasteiger partial charge in [-0.2, -0.15) is 0 Å². The number of carbonyl (C=O) groups excluding carboxylic acids is 1. The summed E-state index contributed by atoms with van der Waals surface area (Å²) < 4.78 is 5.49. The molecule has 1 heterocycles. The van der Waals surface area contributed by atoms with Gasteiger partial charge >= 0.3 is 5.97 Å². The van der Waals surface area contributed by atoms with E-state index in [1.54, 1.807) is 0 Å². The lowest BCUT2D eigenvalue weighted by Crippen LogP contribution is -2.47. The molecule has 2 aliphatic rings. The van der Waals surface area contributed by atoms with E-state index in [1.165, 1.54) is 6.42 Å². The standard InChI is InChI=1S/C21H30N2O4/c1-2-27-14-17-9-4-3-8-16(17)12-22-20(24)13-23-18-10-6-5-7-15(18)11-19(23)21(25)26/h3-4,8-9,15,18-19H,2,5-7,10-14H2,1H3,(H,22,24)(H,25,26). The summed E-state index contributed by atoms with van der Waals surface area (Å²) in [6.07, 6.45) is 5.04. The van der Waals surface area contributed by atoms with Crippen LogP contribution in [0.1, 0.15) is 50.2 Å². The second-order valence-electron chi connectivity index (χ2n) is 7.56. The highest BCUT2D eigenvalue weighted by atomic mass is 16.5. The Kier molecular flexibility index (Phi) is 6.85. The molecule has 3 atom stereocenters. The Hall–Kier alpha value is -1.92. The van der Waals surface area contributed by atoms with Gasteiger partial charge in [-0.3, -0.25) is 14.5 Å². The molecule has 0 radical (unpaired) electrons. The highest BCUT2D eigenvalue weighted by Crippen LogP contribution is 2.39. The zero-order chi connectivity index (χ0) is 19.2. The number of rotatable bonds is 8. The number of ether oxygens (including phenoxy) is 1. The number of carboxylic acids is 1.